The molecule has 0 amide bonds. The summed E-state index contributed by atoms with van der Waals surface area (Å²) in [4.78, 5) is 2.33. The van der Waals surface area contributed by atoms with Crippen LogP contribution in [-0.2, 0) is 13.6 Å². The van der Waals surface area contributed by atoms with Gasteiger partial charge in [-0.05, 0) is 12.8 Å². The summed E-state index contributed by atoms with van der Waals surface area (Å²) >= 11 is 0. The molecule has 0 unspecified atom stereocenters. The molecule has 1 saturated carbocycles. The maximum absolute atomic E-state index is 9.10. The lowest BCUT2D eigenvalue weighted by molar-refractivity contribution is 0.143. The Balaban J connectivity index is 1.96. The molecule has 5 nitrogen and oxygen atoms in total. The maximum Gasteiger partial charge on any atom is 0.0967 e. The van der Waals surface area contributed by atoms with Gasteiger partial charge in [-0.2, -0.15) is 0 Å². The molecule has 1 aliphatic rings. The average molecular weight is 224 g/mol. The molecule has 0 saturated heterocycles. The summed E-state index contributed by atoms with van der Waals surface area (Å²) in [5.41, 5.74) is 0.989. The highest BCUT2D eigenvalue weighted by Crippen LogP contribution is 2.24. The summed E-state index contributed by atoms with van der Waals surface area (Å²) in [6.45, 7) is 1.76. The maximum atomic E-state index is 9.10. The highest BCUT2D eigenvalue weighted by atomic mass is 16.3. The van der Waals surface area contributed by atoms with Gasteiger partial charge in [0.05, 0.1) is 12.3 Å². The van der Waals surface area contributed by atoms with Gasteiger partial charge < -0.3 is 5.11 Å². The first-order chi connectivity index (χ1) is 7.79. The normalized spacial score (nSPS) is 17.4. The molecule has 1 fully saturated rings. The van der Waals surface area contributed by atoms with Crippen LogP contribution in [0, 0.1) is 0 Å². The second-order valence-corrected chi connectivity index (χ2v) is 4.52. The van der Waals surface area contributed by atoms with Crippen molar-refractivity contribution in [3.63, 3.8) is 0 Å². The van der Waals surface area contributed by atoms with E-state index in [4.69, 9.17) is 5.11 Å². The number of aliphatic hydroxyl groups is 1. The van der Waals surface area contributed by atoms with E-state index in [1.54, 1.807) is 4.68 Å². The fourth-order valence-corrected chi connectivity index (χ4v) is 2.46. The molecule has 1 aliphatic carbocycles. The van der Waals surface area contributed by atoms with Gasteiger partial charge in [-0.1, -0.05) is 18.1 Å². The third-order valence-corrected chi connectivity index (χ3v) is 3.24. The SMILES string of the molecule is Cn1cc(CN(CCO)C2CCCC2)nn1. The Morgan fingerprint density at radius 1 is 1.50 bits per heavy atom. The number of aliphatic hydroxyl groups excluding tert-OH is 1. The number of aryl methyl sites for hydroxylation is 1. The molecule has 90 valence electrons. The van der Waals surface area contributed by atoms with Crippen molar-refractivity contribution in [3.8, 4) is 0 Å². The van der Waals surface area contributed by atoms with E-state index in [1.165, 1.54) is 25.7 Å². The van der Waals surface area contributed by atoms with Crippen molar-refractivity contribution in [1.29, 1.82) is 0 Å². The van der Waals surface area contributed by atoms with Gasteiger partial charge in [0.1, 0.15) is 0 Å². The number of aromatic nitrogens is 3. The Kier molecular flexibility index (Phi) is 3.90. The van der Waals surface area contributed by atoms with E-state index in [0.29, 0.717) is 6.04 Å². The molecule has 1 aromatic rings. The smallest absolute Gasteiger partial charge is 0.0967 e. The van der Waals surface area contributed by atoms with Gasteiger partial charge in [0.25, 0.3) is 0 Å². The monoisotopic (exact) mass is 224 g/mol. The molecule has 2 rings (SSSR count). The number of rotatable bonds is 5. The van der Waals surface area contributed by atoms with Gasteiger partial charge in [-0.3, -0.25) is 9.58 Å². The summed E-state index contributed by atoms with van der Waals surface area (Å²) < 4.78 is 1.72. The first-order valence-corrected chi connectivity index (χ1v) is 5.99. The molecular formula is C11H20N4O. The van der Waals surface area contributed by atoms with Crippen LogP contribution in [-0.4, -0.2) is 44.2 Å². The molecule has 0 radical (unpaired) electrons. The minimum absolute atomic E-state index is 0.219. The molecule has 0 atom stereocenters. The third-order valence-electron chi connectivity index (χ3n) is 3.24. The quantitative estimate of drug-likeness (QED) is 0.793. The van der Waals surface area contributed by atoms with E-state index in [0.717, 1.165) is 18.8 Å². The highest BCUT2D eigenvalue weighted by molar-refractivity contribution is 4.93. The van der Waals surface area contributed by atoms with E-state index in [1.807, 2.05) is 13.2 Å². The predicted molar refractivity (Wildman–Crippen MR) is 60.8 cm³/mol. The molecule has 0 aliphatic heterocycles. The van der Waals surface area contributed by atoms with E-state index in [2.05, 4.69) is 15.2 Å². The van der Waals surface area contributed by atoms with Crippen molar-refractivity contribution in [3.05, 3.63) is 11.9 Å². The first-order valence-electron chi connectivity index (χ1n) is 5.99. The predicted octanol–water partition coefficient (Wildman–Crippen LogP) is 0.552. The number of nitrogens with zero attached hydrogens (tertiary/aromatic N) is 4. The third kappa shape index (κ3) is 2.80. The molecular weight excluding hydrogens is 204 g/mol. The largest absolute Gasteiger partial charge is 0.395 e. The zero-order valence-corrected chi connectivity index (χ0v) is 9.84. The lowest BCUT2D eigenvalue weighted by atomic mass is 10.2. The Morgan fingerprint density at radius 2 is 2.25 bits per heavy atom. The molecule has 0 bridgehead atoms. The summed E-state index contributed by atoms with van der Waals surface area (Å²) in [5.74, 6) is 0. The Labute approximate surface area is 96.1 Å². The van der Waals surface area contributed by atoms with E-state index >= 15 is 0 Å². The van der Waals surface area contributed by atoms with Crippen molar-refractivity contribution >= 4 is 0 Å². The van der Waals surface area contributed by atoms with Crippen LogP contribution in [0.4, 0.5) is 0 Å². The second kappa shape index (κ2) is 5.41. The fourth-order valence-electron chi connectivity index (χ4n) is 2.46. The van der Waals surface area contributed by atoms with Crippen molar-refractivity contribution in [2.75, 3.05) is 13.2 Å². The number of hydrogen-bond donors (Lipinski definition) is 1. The number of hydrogen-bond acceptors (Lipinski definition) is 4. The van der Waals surface area contributed by atoms with E-state index < -0.39 is 0 Å². The minimum Gasteiger partial charge on any atom is -0.395 e. The van der Waals surface area contributed by atoms with E-state index in [9.17, 15) is 0 Å². The molecule has 0 aromatic carbocycles. The topological polar surface area (TPSA) is 54.2 Å². The molecule has 1 heterocycles. The van der Waals surface area contributed by atoms with Crippen LogP contribution in [0.1, 0.15) is 31.4 Å². The van der Waals surface area contributed by atoms with Crippen molar-refractivity contribution in [2.24, 2.45) is 7.05 Å². The summed E-state index contributed by atoms with van der Waals surface area (Å²) in [6, 6.07) is 0.620. The van der Waals surface area contributed by atoms with Gasteiger partial charge in [0.2, 0.25) is 0 Å². The Morgan fingerprint density at radius 3 is 2.81 bits per heavy atom. The molecule has 1 N–H and O–H groups in total. The zero-order valence-electron chi connectivity index (χ0n) is 9.84. The van der Waals surface area contributed by atoms with Crippen LogP contribution in [0.5, 0.6) is 0 Å². The lowest BCUT2D eigenvalue weighted by Crippen LogP contribution is -2.35. The summed E-state index contributed by atoms with van der Waals surface area (Å²) in [7, 11) is 1.88. The van der Waals surface area contributed by atoms with Gasteiger partial charge in [0.15, 0.2) is 0 Å². The fraction of sp³-hybridized carbons (Fsp3) is 0.818. The van der Waals surface area contributed by atoms with Crippen LogP contribution < -0.4 is 0 Å². The first kappa shape index (κ1) is 11.5. The van der Waals surface area contributed by atoms with Gasteiger partial charge in [0, 0.05) is 32.4 Å². The van der Waals surface area contributed by atoms with Crippen LogP contribution in [0.25, 0.3) is 0 Å². The van der Waals surface area contributed by atoms with Crippen LogP contribution in [0.2, 0.25) is 0 Å². The van der Waals surface area contributed by atoms with Crippen molar-refractivity contribution in [2.45, 2.75) is 38.3 Å². The standard InChI is InChI=1S/C11H20N4O/c1-14-8-10(12-13-14)9-15(6-7-16)11-4-2-3-5-11/h8,11,16H,2-7,9H2,1H3. The molecule has 5 heteroatoms. The van der Waals surface area contributed by atoms with Crippen LogP contribution >= 0.6 is 0 Å². The lowest BCUT2D eigenvalue weighted by Gasteiger charge is -2.26. The van der Waals surface area contributed by atoms with Crippen LogP contribution in [0.15, 0.2) is 6.20 Å². The highest BCUT2D eigenvalue weighted by Gasteiger charge is 2.22. The average Bonchev–Trinajstić information content (AvgIpc) is 2.88. The summed E-state index contributed by atoms with van der Waals surface area (Å²) in [6.07, 6.45) is 7.07. The molecule has 0 spiro atoms. The van der Waals surface area contributed by atoms with Crippen LogP contribution in [0.3, 0.4) is 0 Å². The second-order valence-electron chi connectivity index (χ2n) is 4.52. The van der Waals surface area contributed by atoms with E-state index in [-0.39, 0.29) is 6.61 Å². The van der Waals surface area contributed by atoms with Gasteiger partial charge in [-0.15, -0.1) is 5.10 Å². The van der Waals surface area contributed by atoms with Gasteiger partial charge in [-0.25, -0.2) is 0 Å². The Bertz CT molecular complexity index is 320. The molecule has 16 heavy (non-hydrogen) atoms. The summed E-state index contributed by atoms with van der Waals surface area (Å²) in [5, 5.41) is 17.1. The Hall–Kier alpha value is -0.940. The molecule has 1 aromatic heterocycles. The minimum atomic E-state index is 0.219. The van der Waals surface area contributed by atoms with Crippen molar-refractivity contribution < 1.29 is 5.11 Å². The van der Waals surface area contributed by atoms with Crippen molar-refractivity contribution in [1.82, 2.24) is 19.9 Å². The zero-order chi connectivity index (χ0) is 11.4. The van der Waals surface area contributed by atoms with Gasteiger partial charge >= 0.3 is 0 Å².